The Morgan fingerprint density at radius 3 is 2.93 bits per heavy atom. The van der Waals surface area contributed by atoms with Crippen LogP contribution in [-0.2, 0) is 17.8 Å². The molecule has 3 aromatic heterocycles. The SMILES string of the molecule is C[C@@H]1CN(c2ccnn3cc(-c4cn5c(n4)CCC5)cc23)C(=O)[C@]1(C#N)C1CC1. The number of hydrogen-bond acceptors (Lipinski definition) is 4. The molecule has 0 bridgehead atoms. The first-order chi connectivity index (χ1) is 14.1. The molecule has 3 aromatic rings. The molecule has 7 heteroatoms. The van der Waals surface area contributed by atoms with Gasteiger partial charge >= 0.3 is 0 Å². The highest BCUT2D eigenvalue weighted by Crippen LogP contribution is 2.54. The van der Waals surface area contributed by atoms with E-state index in [0.717, 1.165) is 60.5 Å². The zero-order chi connectivity index (χ0) is 19.8. The lowest BCUT2D eigenvalue weighted by molar-refractivity contribution is -0.124. The summed E-state index contributed by atoms with van der Waals surface area (Å²) >= 11 is 0. The fourth-order valence-electron chi connectivity index (χ4n) is 5.27. The molecule has 1 aliphatic carbocycles. The smallest absolute Gasteiger partial charge is 0.248 e. The Kier molecular flexibility index (Phi) is 3.29. The Bertz CT molecular complexity index is 1170. The Labute approximate surface area is 168 Å². The van der Waals surface area contributed by atoms with E-state index >= 15 is 0 Å². The first kappa shape index (κ1) is 16.8. The molecule has 1 saturated carbocycles. The summed E-state index contributed by atoms with van der Waals surface area (Å²) in [4.78, 5) is 20.0. The lowest BCUT2D eigenvalue weighted by Gasteiger charge is -2.23. The largest absolute Gasteiger partial charge is 0.334 e. The number of carbonyl (C=O) groups is 1. The number of imidazole rings is 1. The fraction of sp³-hybridized carbons (Fsp3) is 0.455. The van der Waals surface area contributed by atoms with E-state index in [9.17, 15) is 10.1 Å². The molecule has 0 aromatic carbocycles. The molecule has 0 N–H and O–H groups in total. The predicted octanol–water partition coefficient (Wildman–Crippen LogP) is 3.05. The van der Waals surface area contributed by atoms with Crippen LogP contribution >= 0.6 is 0 Å². The van der Waals surface area contributed by atoms with Gasteiger partial charge < -0.3 is 9.47 Å². The number of carbonyl (C=O) groups excluding carboxylic acids is 1. The van der Waals surface area contributed by atoms with Crippen LogP contribution in [0.15, 0.2) is 30.7 Å². The first-order valence-electron chi connectivity index (χ1n) is 10.4. The van der Waals surface area contributed by atoms with Crippen molar-refractivity contribution in [3.63, 3.8) is 0 Å². The van der Waals surface area contributed by atoms with Crippen LogP contribution in [0.3, 0.4) is 0 Å². The van der Waals surface area contributed by atoms with Gasteiger partial charge in [0.15, 0.2) is 0 Å². The van der Waals surface area contributed by atoms with Crippen LogP contribution in [0.1, 0.15) is 32.0 Å². The van der Waals surface area contributed by atoms with Crippen molar-refractivity contribution in [1.82, 2.24) is 19.2 Å². The van der Waals surface area contributed by atoms with Gasteiger partial charge in [0.25, 0.3) is 0 Å². The van der Waals surface area contributed by atoms with Crippen molar-refractivity contribution in [1.29, 1.82) is 5.26 Å². The van der Waals surface area contributed by atoms with Crippen molar-refractivity contribution < 1.29 is 4.79 Å². The third-order valence-electron chi connectivity index (χ3n) is 6.97. The summed E-state index contributed by atoms with van der Waals surface area (Å²) in [5.74, 6) is 1.31. The van der Waals surface area contributed by atoms with Gasteiger partial charge in [-0.25, -0.2) is 9.50 Å². The Hall–Kier alpha value is -3.14. The summed E-state index contributed by atoms with van der Waals surface area (Å²) in [6.07, 6.45) is 9.93. The molecule has 1 saturated heterocycles. The predicted molar refractivity (Wildman–Crippen MR) is 107 cm³/mol. The van der Waals surface area contributed by atoms with E-state index in [1.165, 1.54) is 0 Å². The van der Waals surface area contributed by atoms with Crippen LogP contribution in [0, 0.1) is 28.6 Å². The Morgan fingerprint density at radius 1 is 1.31 bits per heavy atom. The topological polar surface area (TPSA) is 79.2 Å². The second-order valence-corrected chi connectivity index (χ2v) is 8.69. The molecule has 2 atom stereocenters. The van der Waals surface area contributed by atoms with E-state index in [0.29, 0.717) is 6.54 Å². The van der Waals surface area contributed by atoms with Gasteiger partial charge in [0.2, 0.25) is 5.91 Å². The number of nitriles is 1. The first-order valence-corrected chi connectivity index (χ1v) is 10.4. The normalized spacial score (nSPS) is 26.3. The van der Waals surface area contributed by atoms with E-state index in [1.807, 2.05) is 23.7 Å². The maximum Gasteiger partial charge on any atom is 0.248 e. The maximum atomic E-state index is 13.4. The van der Waals surface area contributed by atoms with Gasteiger partial charge in [0.1, 0.15) is 11.2 Å². The zero-order valence-corrected chi connectivity index (χ0v) is 16.4. The molecule has 0 spiro atoms. The summed E-state index contributed by atoms with van der Waals surface area (Å²) in [6, 6.07) is 6.36. The van der Waals surface area contributed by atoms with Crippen molar-refractivity contribution in [2.45, 2.75) is 39.2 Å². The van der Waals surface area contributed by atoms with Gasteiger partial charge in [-0.15, -0.1) is 0 Å². The number of aromatic nitrogens is 4. The van der Waals surface area contributed by atoms with Crippen molar-refractivity contribution >= 4 is 17.1 Å². The van der Waals surface area contributed by atoms with Gasteiger partial charge in [-0.3, -0.25) is 4.79 Å². The monoisotopic (exact) mass is 386 g/mol. The summed E-state index contributed by atoms with van der Waals surface area (Å²) in [7, 11) is 0. The van der Waals surface area contributed by atoms with E-state index < -0.39 is 5.41 Å². The van der Waals surface area contributed by atoms with Gasteiger partial charge in [-0.2, -0.15) is 10.4 Å². The number of aryl methyl sites for hydroxylation is 2. The van der Waals surface area contributed by atoms with Gasteiger partial charge in [-0.05, 0) is 37.3 Å². The molecular formula is C22H22N6O. The Morgan fingerprint density at radius 2 is 2.17 bits per heavy atom. The fourth-order valence-corrected chi connectivity index (χ4v) is 5.27. The highest BCUT2D eigenvalue weighted by atomic mass is 16.2. The van der Waals surface area contributed by atoms with Gasteiger partial charge in [0, 0.05) is 49.6 Å². The zero-order valence-electron chi connectivity index (χ0n) is 16.4. The van der Waals surface area contributed by atoms with Crippen LogP contribution in [0.5, 0.6) is 0 Å². The number of fused-ring (bicyclic) bond motifs is 2. The Balaban J connectivity index is 1.43. The number of anilines is 1. The minimum absolute atomic E-state index is 0.0197. The maximum absolute atomic E-state index is 13.4. The summed E-state index contributed by atoms with van der Waals surface area (Å²) < 4.78 is 4.03. The lowest BCUT2D eigenvalue weighted by atomic mass is 9.75. The minimum Gasteiger partial charge on any atom is -0.334 e. The molecule has 6 rings (SSSR count). The average molecular weight is 386 g/mol. The lowest BCUT2D eigenvalue weighted by Crippen LogP contribution is -2.37. The minimum atomic E-state index is -0.875. The van der Waals surface area contributed by atoms with E-state index in [1.54, 1.807) is 11.1 Å². The van der Waals surface area contributed by atoms with Gasteiger partial charge in [0.05, 0.1) is 23.0 Å². The molecule has 2 aliphatic heterocycles. The second kappa shape index (κ2) is 5.69. The van der Waals surface area contributed by atoms with Crippen molar-refractivity contribution in [3.8, 4) is 17.3 Å². The summed E-state index contributed by atoms with van der Waals surface area (Å²) in [5, 5.41) is 14.4. The van der Waals surface area contributed by atoms with Crippen molar-refractivity contribution in [2.75, 3.05) is 11.4 Å². The molecule has 29 heavy (non-hydrogen) atoms. The molecule has 2 fully saturated rings. The molecule has 146 valence electrons. The second-order valence-electron chi connectivity index (χ2n) is 8.69. The van der Waals surface area contributed by atoms with E-state index in [4.69, 9.17) is 4.98 Å². The van der Waals surface area contributed by atoms with E-state index in [-0.39, 0.29) is 17.7 Å². The van der Waals surface area contributed by atoms with Crippen molar-refractivity contribution in [2.24, 2.45) is 17.3 Å². The molecule has 3 aliphatic rings. The quantitative estimate of drug-likeness (QED) is 0.693. The molecule has 0 unspecified atom stereocenters. The summed E-state index contributed by atoms with van der Waals surface area (Å²) in [5.41, 5.74) is 2.77. The van der Waals surface area contributed by atoms with E-state index in [2.05, 4.69) is 28.0 Å². The third-order valence-corrected chi connectivity index (χ3v) is 6.97. The highest BCUT2D eigenvalue weighted by molar-refractivity contribution is 6.05. The van der Waals surface area contributed by atoms with Crippen molar-refractivity contribution in [3.05, 3.63) is 36.5 Å². The summed E-state index contributed by atoms with van der Waals surface area (Å²) in [6.45, 7) is 3.63. The molecule has 1 amide bonds. The number of rotatable bonds is 3. The van der Waals surface area contributed by atoms with Crippen LogP contribution in [-0.4, -0.2) is 31.6 Å². The standard InChI is InChI=1S/C22H22N6O/c1-14-10-27(21(29)22(14,13-23)16-4-5-16)18-6-7-24-28-11-15(9-19(18)28)17-12-26-8-2-3-20(26)25-17/h6-7,9,11-12,14,16H,2-5,8,10H2,1H3/t14-,22+/m1/s1. The highest BCUT2D eigenvalue weighted by Gasteiger charge is 2.61. The van der Waals surface area contributed by atoms with Crippen LogP contribution in [0.25, 0.3) is 16.8 Å². The third kappa shape index (κ3) is 2.20. The van der Waals surface area contributed by atoms with Crippen LogP contribution < -0.4 is 4.90 Å². The van der Waals surface area contributed by atoms with Crippen LogP contribution in [0.2, 0.25) is 0 Å². The van der Waals surface area contributed by atoms with Crippen LogP contribution in [0.4, 0.5) is 5.69 Å². The molecule has 5 heterocycles. The number of nitrogens with zero attached hydrogens (tertiary/aromatic N) is 6. The average Bonchev–Trinajstić information content (AvgIpc) is 3.05. The molecular weight excluding hydrogens is 364 g/mol. The molecule has 0 radical (unpaired) electrons. The van der Waals surface area contributed by atoms with Gasteiger partial charge in [-0.1, -0.05) is 6.92 Å². The molecule has 7 nitrogen and oxygen atoms in total. The number of hydrogen-bond donors (Lipinski definition) is 0. The number of amides is 1.